The molecular formula is C16H27N3O3. The maximum absolute atomic E-state index is 11.6. The fourth-order valence-electron chi connectivity index (χ4n) is 2.95. The van der Waals surface area contributed by atoms with Crippen molar-refractivity contribution >= 4 is 11.7 Å². The van der Waals surface area contributed by atoms with Crippen LogP contribution in [0.25, 0.3) is 0 Å². The first-order chi connectivity index (χ1) is 10.4. The molecule has 0 spiro atoms. The minimum Gasteiger partial charge on any atom is -0.377 e. The van der Waals surface area contributed by atoms with Crippen molar-refractivity contribution in [2.75, 3.05) is 19.6 Å². The summed E-state index contributed by atoms with van der Waals surface area (Å²) in [6.45, 7) is 12.3. The Labute approximate surface area is 132 Å². The summed E-state index contributed by atoms with van der Waals surface area (Å²) in [4.78, 5) is 23.1. The number of aliphatic hydroxyl groups is 1. The number of carbonyl (C=O) groups is 2. The van der Waals surface area contributed by atoms with Crippen molar-refractivity contribution in [3.05, 3.63) is 25.3 Å². The monoisotopic (exact) mass is 309 g/mol. The second-order valence-electron chi connectivity index (χ2n) is 5.90. The smallest absolute Gasteiger partial charge is 0.289 e. The molecule has 2 unspecified atom stereocenters. The molecule has 1 rings (SSSR count). The van der Waals surface area contributed by atoms with Gasteiger partial charge in [0.25, 0.3) is 5.91 Å². The van der Waals surface area contributed by atoms with E-state index in [0.29, 0.717) is 5.92 Å². The highest BCUT2D eigenvalue weighted by Gasteiger charge is 2.40. The van der Waals surface area contributed by atoms with Crippen LogP contribution in [-0.2, 0) is 9.59 Å². The van der Waals surface area contributed by atoms with E-state index in [-0.39, 0.29) is 31.0 Å². The number of amides is 1. The van der Waals surface area contributed by atoms with Crippen LogP contribution in [0.4, 0.5) is 0 Å². The van der Waals surface area contributed by atoms with Crippen LogP contribution in [0.3, 0.4) is 0 Å². The van der Waals surface area contributed by atoms with E-state index in [2.05, 4.69) is 43.0 Å². The van der Waals surface area contributed by atoms with Crippen molar-refractivity contribution in [3.63, 3.8) is 0 Å². The van der Waals surface area contributed by atoms with E-state index >= 15 is 0 Å². The van der Waals surface area contributed by atoms with Crippen molar-refractivity contribution in [3.8, 4) is 0 Å². The zero-order chi connectivity index (χ0) is 16.7. The number of aliphatic hydroxyl groups excluding tert-OH is 1. The third-order valence-electron chi connectivity index (χ3n) is 4.04. The van der Waals surface area contributed by atoms with Crippen molar-refractivity contribution < 1.29 is 14.7 Å². The summed E-state index contributed by atoms with van der Waals surface area (Å²) in [6.07, 6.45) is 2.50. The Kier molecular flexibility index (Phi) is 7.44. The van der Waals surface area contributed by atoms with Crippen LogP contribution >= 0.6 is 0 Å². The van der Waals surface area contributed by atoms with Gasteiger partial charge in [-0.1, -0.05) is 26.0 Å². The fraction of sp³-hybridized carbons (Fsp3) is 0.625. The molecule has 0 saturated carbocycles. The van der Waals surface area contributed by atoms with Crippen molar-refractivity contribution in [1.82, 2.24) is 16.0 Å². The molecule has 1 fully saturated rings. The molecule has 124 valence electrons. The van der Waals surface area contributed by atoms with Crippen LogP contribution in [-0.4, -0.2) is 48.7 Å². The minimum atomic E-state index is -0.895. The lowest BCUT2D eigenvalue weighted by Crippen LogP contribution is -2.51. The second-order valence-corrected chi connectivity index (χ2v) is 5.90. The summed E-state index contributed by atoms with van der Waals surface area (Å²) in [6, 6.07) is -0.174. The molecule has 0 bridgehead atoms. The summed E-state index contributed by atoms with van der Waals surface area (Å²) >= 11 is 0. The van der Waals surface area contributed by atoms with Gasteiger partial charge in [-0.3, -0.25) is 14.9 Å². The van der Waals surface area contributed by atoms with Crippen molar-refractivity contribution in [2.24, 2.45) is 17.8 Å². The molecule has 1 saturated heterocycles. The van der Waals surface area contributed by atoms with Gasteiger partial charge in [0, 0.05) is 13.1 Å². The van der Waals surface area contributed by atoms with Gasteiger partial charge >= 0.3 is 0 Å². The van der Waals surface area contributed by atoms with Gasteiger partial charge in [0.1, 0.15) is 6.23 Å². The van der Waals surface area contributed by atoms with E-state index in [9.17, 15) is 14.7 Å². The van der Waals surface area contributed by atoms with Crippen LogP contribution in [0.1, 0.15) is 13.8 Å². The van der Waals surface area contributed by atoms with E-state index in [0.717, 1.165) is 6.54 Å². The highest BCUT2D eigenvalue weighted by atomic mass is 16.3. The molecule has 0 radical (unpaired) electrons. The van der Waals surface area contributed by atoms with Crippen LogP contribution in [0.2, 0.25) is 0 Å². The number of carbonyl (C=O) groups excluding carboxylic acids is 2. The molecule has 1 aliphatic heterocycles. The van der Waals surface area contributed by atoms with Gasteiger partial charge in [-0.2, -0.15) is 0 Å². The average Bonchev–Trinajstić information content (AvgIpc) is 2.93. The zero-order valence-electron chi connectivity index (χ0n) is 13.3. The summed E-state index contributed by atoms with van der Waals surface area (Å²) in [5.41, 5.74) is 0. The molecule has 1 amide bonds. The Balaban J connectivity index is 2.52. The van der Waals surface area contributed by atoms with Gasteiger partial charge in [0.15, 0.2) is 0 Å². The molecule has 0 aromatic rings. The summed E-state index contributed by atoms with van der Waals surface area (Å²) in [5.74, 6) is -0.410. The molecule has 22 heavy (non-hydrogen) atoms. The normalized spacial score (nSPS) is 25.7. The standard InChI is InChI=1S/C16H27N3O3/c1-5-7-17-15(21)12(20)9-19-16(22)14-13(10(3)4)11(6-2)8-18-14/h5-6,10-11,13-14,16,18-19,22H,1-2,7-9H2,3-4H3,(H,17,21)/t11?,13-,14-,16?/m0/s1. The molecule has 0 aliphatic carbocycles. The van der Waals surface area contributed by atoms with Gasteiger partial charge in [-0.25, -0.2) is 0 Å². The quantitative estimate of drug-likeness (QED) is 0.269. The van der Waals surface area contributed by atoms with E-state index in [4.69, 9.17) is 0 Å². The van der Waals surface area contributed by atoms with Crippen LogP contribution < -0.4 is 16.0 Å². The molecule has 4 atom stereocenters. The summed E-state index contributed by atoms with van der Waals surface area (Å²) in [5, 5.41) is 18.7. The van der Waals surface area contributed by atoms with Gasteiger partial charge < -0.3 is 15.7 Å². The highest BCUT2D eigenvalue weighted by molar-refractivity contribution is 6.37. The number of ketones is 1. The molecular weight excluding hydrogens is 282 g/mol. The van der Waals surface area contributed by atoms with Crippen molar-refractivity contribution in [2.45, 2.75) is 26.1 Å². The number of hydrogen-bond donors (Lipinski definition) is 4. The fourth-order valence-corrected chi connectivity index (χ4v) is 2.95. The second kappa shape index (κ2) is 8.82. The molecule has 1 heterocycles. The molecule has 6 nitrogen and oxygen atoms in total. The first-order valence-electron chi connectivity index (χ1n) is 7.61. The zero-order valence-corrected chi connectivity index (χ0v) is 13.3. The summed E-state index contributed by atoms with van der Waals surface area (Å²) in [7, 11) is 0. The number of hydrogen-bond acceptors (Lipinski definition) is 5. The first kappa shape index (κ1) is 18.5. The Morgan fingerprint density at radius 1 is 1.41 bits per heavy atom. The number of Topliss-reactive ketones (excluding diaryl/α,β-unsaturated/α-hetero) is 1. The van der Waals surface area contributed by atoms with Gasteiger partial charge in [0.2, 0.25) is 5.78 Å². The van der Waals surface area contributed by atoms with Gasteiger partial charge in [-0.15, -0.1) is 13.2 Å². The van der Waals surface area contributed by atoms with Crippen molar-refractivity contribution in [1.29, 1.82) is 0 Å². The SMILES string of the molecule is C=CCNC(=O)C(=O)CNC(O)[C@H]1NCC(C=C)[C@@H]1C(C)C. The van der Waals surface area contributed by atoms with Gasteiger partial charge in [0.05, 0.1) is 12.6 Å². The molecule has 0 aromatic heterocycles. The molecule has 6 heteroatoms. The lowest BCUT2D eigenvalue weighted by Gasteiger charge is -2.30. The lowest BCUT2D eigenvalue weighted by molar-refractivity contribution is -0.137. The number of nitrogens with one attached hydrogen (secondary N) is 3. The lowest BCUT2D eigenvalue weighted by atomic mass is 9.81. The van der Waals surface area contributed by atoms with Crippen LogP contribution in [0.5, 0.6) is 0 Å². The average molecular weight is 309 g/mol. The predicted octanol–water partition coefficient (Wildman–Crippen LogP) is -0.188. The molecule has 4 N–H and O–H groups in total. The topological polar surface area (TPSA) is 90.5 Å². The summed E-state index contributed by atoms with van der Waals surface area (Å²) < 4.78 is 0. The van der Waals surface area contributed by atoms with E-state index in [1.165, 1.54) is 6.08 Å². The highest BCUT2D eigenvalue weighted by Crippen LogP contribution is 2.31. The van der Waals surface area contributed by atoms with E-state index in [1.807, 2.05) is 6.08 Å². The third-order valence-corrected chi connectivity index (χ3v) is 4.04. The van der Waals surface area contributed by atoms with Crippen LogP contribution in [0, 0.1) is 17.8 Å². The Morgan fingerprint density at radius 2 is 2.09 bits per heavy atom. The Hall–Kier alpha value is -1.50. The minimum absolute atomic E-state index is 0.174. The first-order valence-corrected chi connectivity index (χ1v) is 7.61. The largest absolute Gasteiger partial charge is 0.377 e. The maximum Gasteiger partial charge on any atom is 0.289 e. The Morgan fingerprint density at radius 3 is 2.64 bits per heavy atom. The predicted molar refractivity (Wildman–Crippen MR) is 86.0 cm³/mol. The van der Waals surface area contributed by atoms with E-state index < -0.39 is 17.9 Å². The molecule has 1 aliphatic rings. The number of rotatable bonds is 9. The molecule has 0 aromatic carbocycles. The third kappa shape index (κ3) is 4.76. The van der Waals surface area contributed by atoms with Crippen LogP contribution in [0.15, 0.2) is 25.3 Å². The van der Waals surface area contributed by atoms with E-state index in [1.54, 1.807) is 0 Å². The Bertz CT molecular complexity index is 423. The van der Waals surface area contributed by atoms with Gasteiger partial charge in [-0.05, 0) is 17.8 Å². The maximum atomic E-state index is 11.6.